The highest BCUT2D eigenvalue weighted by Crippen LogP contribution is 2.31. The molecule has 0 fully saturated rings. The minimum absolute atomic E-state index is 0.000134. The monoisotopic (exact) mass is 463 g/mol. The maximum Gasteiger partial charge on any atom is 0.261 e. The Hall–Kier alpha value is -3.44. The summed E-state index contributed by atoms with van der Waals surface area (Å²) in [5, 5.41) is 0.638. The lowest BCUT2D eigenvalue weighted by atomic mass is 10.0. The third kappa shape index (κ3) is 5.06. The highest BCUT2D eigenvalue weighted by molar-refractivity contribution is 7.96. The van der Waals surface area contributed by atoms with Crippen molar-refractivity contribution in [1.82, 2.24) is 4.98 Å². The Bertz CT molecular complexity index is 1210. The molecule has 11 heteroatoms. The molecule has 1 aromatic heterocycles. The molecule has 1 unspecified atom stereocenters. The second kappa shape index (κ2) is 9.37. The smallest absolute Gasteiger partial charge is 0.261 e. The van der Waals surface area contributed by atoms with E-state index in [0.29, 0.717) is 22.7 Å². The molecule has 1 aliphatic rings. The number of aromatic nitrogens is 1. The SMILES string of the molecule is COc1cncc(/C(N)=C/N(N)c2c(F)ccc(NS(=O)(=O)C3=CCC(C)C=C3)c2F)c1. The number of nitrogens with two attached hydrogens (primary N) is 2. The van der Waals surface area contributed by atoms with Crippen LogP contribution in [-0.2, 0) is 10.0 Å². The molecule has 0 saturated heterocycles. The van der Waals surface area contributed by atoms with Gasteiger partial charge in [-0.2, -0.15) is 0 Å². The van der Waals surface area contributed by atoms with Crippen molar-refractivity contribution in [2.45, 2.75) is 13.3 Å². The first-order chi connectivity index (χ1) is 15.1. The lowest BCUT2D eigenvalue weighted by Crippen LogP contribution is -2.28. The minimum Gasteiger partial charge on any atom is -0.495 e. The van der Waals surface area contributed by atoms with Crippen molar-refractivity contribution >= 4 is 27.1 Å². The third-order valence-corrected chi connectivity index (χ3v) is 6.13. The van der Waals surface area contributed by atoms with Gasteiger partial charge in [0, 0.05) is 18.0 Å². The van der Waals surface area contributed by atoms with Crippen LogP contribution in [0.4, 0.5) is 20.2 Å². The first-order valence-electron chi connectivity index (χ1n) is 9.52. The zero-order valence-electron chi connectivity index (χ0n) is 17.4. The van der Waals surface area contributed by atoms with Crippen LogP contribution in [0.2, 0.25) is 0 Å². The normalized spacial score (nSPS) is 16.5. The Morgan fingerprint density at radius 3 is 2.75 bits per heavy atom. The summed E-state index contributed by atoms with van der Waals surface area (Å²) in [4.78, 5) is 3.95. The van der Waals surface area contributed by atoms with Crippen molar-refractivity contribution in [3.63, 3.8) is 0 Å². The summed E-state index contributed by atoms with van der Waals surface area (Å²) in [6.07, 6.45) is 9.22. The Labute approximate surface area is 184 Å². The van der Waals surface area contributed by atoms with Crippen molar-refractivity contribution in [2.24, 2.45) is 17.5 Å². The van der Waals surface area contributed by atoms with E-state index in [4.69, 9.17) is 16.3 Å². The molecule has 0 saturated carbocycles. The number of nitrogens with one attached hydrogen (secondary N) is 1. The molecule has 170 valence electrons. The van der Waals surface area contributed by atoms with Gasteiger partial charge in [-0.25, -0.2) is 23.0 Å². The molecule has 0 bridgehead atoms. The molecule has 3 rings (SSSR count). The number of sulfonamides is 1. The summed E-state index contributed by atoms with van der Waals surface area (Å²) >= 11 is 0. The minimum atomic E-state index is -4.07. The number of hydrogen-bond donors (Lipinski definition) is 3. The van der Waals surface area contributed by atoms with Gasteiger partial charge in [0.05, 0.1) is 29.6 Å². The number of nitrogens with zero attached hydrogens (tertiary/aromatic N) is 2. The summed E-state index contributed by atoms with van der Waals surface area (Å²) in [6.45, 7) is 1.94. The zero-order valence-corrected chi connectivity index (χ0v) is 18.2. The molecule has 1 aromatic carbocycles. The molecule has 8 nitrogen and oxygen atoms in total. The third-order valence-electron chi connectivity index (χ3n) is 4.72. The number of hydrazine groups is 1. The van der Waals surface area contributed by atoms with Crippen LogP contribution < -0.4 is 26.0 Å². The number of rotatable bonds is 7. The van der Waals surface area contributed by atoms with Gasteiger partial charge in [-0.05, 0) is 36.6 Å². The zero-order chi connectivity index (χ0) is 23.5. The Morgan fingerprint density at radius 1 is 1.34 bits per heavy atom. The van der Waals surface area contributed by atoms with Gasteiger partial charge in [0.1, 0.15) is 11.4 Å². The molecule has 0 amide bonds. The van der Waals surface area contributed by atoms with Gasteiger partial charge in [-0.3, -0.25) is 14.7 Å². The molecule has 1 atom stereocenters. The molecule has 0 radical (unpaired) electrons. The second-order valence-electron chi connectivity index (χ2n) is 7.15. The number of halogens is 2. The van der Waals surface area contributed by atoms with Crippen LogP contribution in [0.3, 0.4) is 0 Å². The fourth-order valence-corrected chi connectivity index (χ4v) is 4.08. The highest BCUT2D eigenvalue weighted by atomic mass is 32.2. The van der Waals surface area contributed by atoms with E-state index in [9.17, 15) is 12.8 Å². The molecule has 0 aliphatic heterocycles. The van der Waals surface area contributed by atoms with Crippen molar-refractivity contribution in [1.29, 1.82) is 0 Å². The van der Waals surface area contributed by atoms with Crippen molar-refractivity contribution in [3.05, 3.63) is 77.1 Å². The Morgan fingerprint density at radius 2 is 2.09 bits per heavy atom. The van der Waals surface area contributed by atoms with Gasteiger partial charge in [0.25, 0.3) is 10.0 Å². The van der Waals surface area contributed by atoms with Crippen LogP contribution in [-0.4, -0.2) is 20.5 Å². The maximum atomic E-state index is 15.1. The van der Waals surface area contributed by atoms with Gasteiger partial charge in [-0.1, -0.05) is 19.1 Å². The van der Waals surface area contributed by atoms with E-state index in [1.54, 1.807) is 12.1 Å². The quantitative estimate of drug-likeness (QED) is 0.425. The number of allylic oxidation sites excluding steroid dienone is 3. The summed E-state index contributed by atoms with van der Waals surface area (Å²) in [7, 11) is -2.62. The van der Waals surface area contributed by atoms with Gasteiger partial charge >= 0.3 is 0 Å². The van der Waals surface area contributed by atoms with E-state index in [1.807, 2.05) is 6.92 Å². The van der Waals surface area contributed by atoms with Crippen molar-refractivity contribution < 1.29 is 21.9 Å². The predicted molar refractivity (Wildman–Crippen MR) is 120 cm³/mol. The molecule has 1 aliphatic carbocycles. The number of anilines is 2. The molecule has 2 aromatic rings. The van der Waals surface area contributed by atoms with Crippen LogP contribution in [0, 0.1) is 17.6 Å². The Kier molecular flexibility index (Phi) is 6.80. The molecule has 0 spiro atoms. The average molecular weight is 464 g/mol. The fourth-order valence-electron chi connectivity index (χ4n) is 2.94. The van der Waals surface area contributed by atoms with Crippen LogP contribution in [0.5, 0.6) is 5.75 Å². The van der Waals surface area contributed by atoms with Gasteiger partial charge in [0.2, 0.25) is 0 Å². The van der Waals surface area contributed by atoms with Gasteiger partial charge < -0.3 is 10.5 Å². The van der Waals surface area contributed by atoms with E-state index in [0.717, 1.165) is 18.3 Å². The topological polar surface area (TPSA) is 124 Å². The lowest BCUT2D eigenvalue weighted by Gasteiger charge is -2.19. The number of benzene rings is 1. The molecule has 1 heterocycles. The van der Waals surface area contributed by atoms with Crippen molar-refractivity contribution in [2.75, 3.05) is 16.8 Å². The van der Waals surface area contributed by atoms with E-state index in [1.165, 1.54) is 31.7 Å². The lowest BCUT2D eigenvalue weighted by molar-refractivity contribution is 0.412. The van der Waals surface area contributed by atoms with E-state index >= 15 is 4.39 Å². The van der Waals surface area contributed by atoms with E-state index in [-0.39, 0.29) is 16.5 Å². The number of methoxy groups -OCH3 is 1. The van der Waals surface area contributed by atoms with Crippen molar-refractivity contribution in [3.8, 4) is 5.75 Å². The first kappa shape index (κ1) is 23.2. The summed E-state index contributed by atoms with van der Waals surface area (Å²) in [5.74, 6) is 4.26. The van der Waals surface area contributed by atoms with Gasteiger partial charge in [-0.15, -0.1) is 0 Å². The van der Waals surface area contributed by atoms with E-state index in [2.05, 4.69) is 9.71 Å². The maximum absolute atomic E-state index is 15.1. The Balaban J connectivity index is 1.91. The number of hydrogen-bond acceptors (Lipinski definition) is 7. The van der Waals surface area contributed by atoms with Gasteiger partial charge in [0.15, 0.2) is 11.6 Å². The molecular weight excluding hydrogens is 440 g/mol. The largest absolute Gasteiger partial charge is 0.495 e. The summed E-state index contributed by atoms with van der Waals surface area (Å²) < 4.78 is 61.9. The average Bonchev–Trinajstić information content (AvgIpc) is 2.76. The second-order valence-corrected chi connectivity index (χ2v) is 8.83. The number of pyridine rings is 1. The number of ether oxygens (including phenoxy) is 1. The molecule has 32 heavy (non-hydrogen) atoms. The summed E-state index contributed by atoms with van der Waals surface area (Å²) in [5.41, 5.74) is 5.29. The van der Waals surface area contributed by atoms with Crippen LogP contribution >= 0.6 is 0 Å². The van der Waals surface area contributed by atoms with Crippen LogP contribution in [0.1, 0.15) is 18.9 Å². The molecular formula is C21H23F2N5O3S. The summed E-state index contributed by atoms with van der Waals surface area (Å²) in [6, 6.07) is 3.45. The molecule has 5 N–H and O–H groups in total. The van der Waals surface area contributed by atoms with Crippen LogP contribution in [0.15, 0.2) is 59.9 Å². The predicted octanol–water partition coefficient (Wildman–Crippen LogP) is 3.23. The fraction of sp³-hybridized carbons (Fsp3) is 0.190. The standard InChI is InChI=1S/C21H23F2N5O3S/c1-13-3-5-16(6-4-13)32(29,30)27-19-8-7-17(22)21(20(19)23)28(25)12-18(24)14-9-15(31-2)11-26-10-14/h3,5-13,27H,4,24-25H2,1-2H3/b18-12-. The van der Waals surface area contributed by atoms with E-state index < -0.39 is 33.0 Å². The highest BCUT2D eigenvalue weighted by Gasteiger charge is 2.23. The first-order valence-corrected chi connectivity index (χ1v) is 11.0. The van der Waals surface area contributed by atoms with Crippen LogP contribution in [0.25, 0.3) is 5.70 Å².